The predicted octanol–water partition coefficient (Wildman–Crippen LogP) is 3.46. The monoisotopic (exact) mass is 321 g/mol. The Labute approximate surface area is 115 Å². The highest BCUT2D eigenvalue weighted by atomic mass is 79.9. The normalized spacial score (nSPS) is 10.3. The number of unbranched alkanes of at least 4 members (excludes halogenated alkanes) is 3. The van der Waals surface area contributed by atoms with Crippen LogP contribution in [-0.4, -0.2) is 29.5 Å². The molecule has 0 aliphatic carbocycles. The molecule has 4 nitrogen and oxygen atoms in total. The second kappa shape index (κ2) is 8.53. The molecule has 0 saturated carbocycles. The van der Waals surface area contributed by atoms with Crippen LogP contribution in [0, 0.1) is 0 Å². The second-order valence-electron chi connectivity index (χ2n) is 3.58. The molecule has 0 unspecified atom stereocenters. The first-order chi connectivity index (χ1) is 8.27. The van der Waals surface area contributed by atoms with Crippen molar-refractivity contribution in [2.75, 3.05) is 24.9 Å². The Balaban J connectivity index is 2.27. The maximum atomic E-state index is 5.60. The Morgan fingerprint density at radius 1 is 1.35 bits per heavy atom. The number of hydrogen-bond donors (Lipinski definition) is 1. The second-order valence-corrected chi connectivity index (χ2v) is 4.81. The highest BCUT2D eigenvalue weighted by molar-refractivity contribution is 9.10. The zero-order valence-corrected chi connectivity index (χ0v) is 12.2. The Kier molecular flexibility index (Phi) is 7.28. The van der Waals surface area contributed by atoms with Crippen LogP contribution in [0.5, 0.6) is 5.88 Å². The maximum Gasteiger partial charge on any atom is 0.232 e. The predicted molar refractivity (Wildman–Crippen MR) is 74.0 cm³/mol. The third-order valence-electron chi connectivity index (χ3n) is 2.25. The summed E-state index contributed by atoms with van der Waals surface area (Å²) in [5, 5.41) is 3.17. The topological polar surface area (TPSA) is 47.0 Å². The van der Waals surface area contributed by atoms with E-state index in [9.17, 15) is 0 Å². The zero-order chi connectivity index (χ0) is 12.5. The summed E-state index contributed by atoms with van der Waals surface area (Å²) in [4.78, 5) is 8.36. The lowest BCUT2D eigenvalue weighted by Gasteiger charge is -2.06. The van der Waals surface area contributed by atoms with Gasteiger partial charge in [0.25, 0.3) is 0 Å². The fourth-order valence-corrected chi connectivity index (χ4v) is 1.89. The molecule has 0 saturated heterocycles. The van der Waals surface area contributed by atoms with E-state index in [1.165, 1.54) is 12.8 Å². The summed E-state index contributed by atoms with van der Waals surface area (Å²) in [5.74, 6) is 1.90. The number of hydrogen-bond acceptors (Lipinski definition) is 4. The molecule has 0 fully saturated rings. The Hall–Kier alpha value is -0.550. The fourth-order valence-electron chi connectivity index (χ4n) is 1.35. The van der Waals surface area contributed by atoms with Gasteiger partial charge in [-0.15, -0.1) is 11.6 Å². The van der Waals surface area contributed by atoms with Crippen molar-refractivity contribution in [1.82, 2.24) is 9.97 Å². The van der Waals surface area contributed by atoms with Gasteiger partial charge in [0, 0.05) is 12.4 Å². The number of nitrogens with zero attached hydrogens (tertiary/aromatic N) is 2. The molecule has 17 heavy (non-hydrogen) atoms. The molecule has 1 aromatic heterocycles. The van der Waals surface area contributed by atoms with Gasteiger partial charge in [0.05, 0.1) is 17.8 Å². The number of halogens is 2. The van der Waals surface area contributed by atoms with E-state index in [-0.39, 0.29) is 0 Å². The quantitative estimate of drug-likeness (QED) is 0.588. The molecule has 1 aromatic rings. The standard InChI is InChI=1S/C11H17BrClN3O/c1-17-10-9(12)8-15-11(16-10)14-7-5-3-2-4-6-13/h8H,2-7H2,1H3,(H,14,15,16). The lowest BCUT2D eigenvalue weighted by atomic mass is 10.2. The van der Waals surface area contributed by atoms with Gasteiger partial charge in [-0.1, -0.05) is 12.8 Å². The van der Waals surface area contributed by atoms with E-state index in [0.29, 0.717) is 11.8 Å². The molecule has 0 bridgehead atoms. The number of aromatic nitrogens is 2. The van der Waals surface area contributed by atoms with Crippen LogP contribution in [0.2, 0.25) is 0 Å². The number of anilines is 1. The molecule has 6 heteroatoms. The summed E-state index contributed by atoms with van der Waals surface area (Å²) in [7, 11) is 1.59. The minimum atomic E-state index is 0.546. The lowest BCUT2D eigenvalue weighted by molar-refractivity contribution is 0.394. The van der Waals surface area contributed by atoms with E-state index in [1.54, 1.807) is 13.3 Å². The molecular formula is C11H17BrClN3O. The largest absolute Gasteiger partial charge is 0.480 e. The van der Waals surface area contributed by atoms with Crippen LogP contribution in [0.4, 0.5) is 5.95 Å². The van der Waals surface area contributed by atoms with Crippen molar-refractivity contribution >= 4 is 33.5 Å². The summed E-state index contributed by atoms with van der Waals surface area (Å²) >= 11 is 8.92. The van der Waals surface area contributed by atoms with Gasteiger partial charge in [-0.3, -0.25) is 0 Å². The summed E-state index contributed by atoms with van der Waals surface area (Å²) in [6, 6.07) is 0. The van der Waals surface area contributed by atoms with Crippen LogP contribution in [0.15, 0.2) is 10.7 Å². The highest BCUT2D eigenvalue weighted by Gasteiger charge is 2.03. The van der Waals surface area contributed by atoms with E-state index < -0.39 is 0 Å². The SMILES string of the molecule is COc1nc(NCCCCCCCl)ncc1Br. The number of nitrogens with one attached hydrogen (secondary N) is 1. The molecule has 96 valence electrons. The van der Waals surface area contributed by atoms with Gasteiger partial charge in [0.15, 0.2) is 0 Å². The van der Waals surface area contributed by atoms with Gasteiger partial charge in [-0.05, 0) is 28.8 Å². The average Bonchev–Trinajstić information content (AvgIpc) is 2.35. The van der Waals surface area contributed by atoms with Crippen LogP contribution < -0.4 is 10.1 Å². The van der Waals surface area contributed by atoms with Crippen molar-refractivity contribution in [1.29, 1.82) is 0 Å². The van der Waals surface area contributed by atoms with E-state index in [0.717, 1.165) is 29.7 Å². The van der Waals surface area contributed by atoms with Gasteiger partial charge in [0.2, 0.25) is 11.8 Å². The fraction of sp³-hybridized carbons (Fsp3) is 0.636. The highest BCUT2D eigenvalue weighted by Crippen LogP contribution is 2.21. The zero-order valence-electron chi connectivity index (χ0n) is 9.88. The van der Waals surface area contributed by atoms with Gasteiger partial charge in [-0.2, -0.15) is 4.98 Å². The smallest absolute Gasteiger partial charge is 0.232 e. The average molecular weight is 323 g/mol. The van der Waals surface area contributed by atoms with Crippen LogP contribution >= 0.6 is 27.5 Å². The van der Waals surface area contributed by atoms with Crippen molar-refractivity contribution in [2.24, 2.45) is 0 Å². The number of ether oxygens (including phenoxy) is 1. The molecule has 1 rings (SSSR count). The van der Waals surface area contributed by atoms with Gasteiger partial charge >= 0.3 is 0 Å². The Morgan fingerprint density at radius 2 is 2.12 bits per heavy atom. The summed E-state index contributed by atoms with van der Waals surface area (Å²) in [6.45, 7) is 0.868. The Morgan fingerprint density at radius 3 is 2.82 bits per heavy atom. The molecule has 1 heterocycles. The molecule has 0 atom stereocenters. The van der Waals surface area contributed by atoms with E-state index in [1.807, 2.05) is 0 Å². The van der Waals surface area contributed by atoms with Crippen molar-refractivity contribution in [3.63, 3.8) is 0 Å². The summed E-state index contributed by atoms with van der Waals surface area (Å²) in [5.41, 5.74) is 0. The molecule has 1 N–H and O–H groups in total. The first kappa shape index (κ1) is 14.5. The molecule has 0 aliphatic rings. The molecule has 0 spiro atoms. The minimum absolute atomic E-state index is 0.546. The maximum absolute atomic E-state index is 5.60. The van der Waals surface area contributed by atoms with Crippen LogP contribution in [0.3, 0.4) is 0 Å². The lowest BCUT2D eigenvalue weighted by Crippen LogP contribution is -2.06. The third-order valence-corrected chi connectivity index (χ3v) is 3.06. The van der Waals surface area contributed by atoms with Crippen molar-refractivity contribution < 1.29 is 4.74 Å². The van der Waals surface area contributed by atoms with Gasteiger partial charge in [-0.25, -0.2) is 4.98 Å². The van der Waals surface area contributed by atoms with E-state index >= 15 is 0 Å². The van der Waals surface area contributed by atoms with E-state index in [4.69, 9.17) is 16.3 Å². The van der Waals surface area contributed by atoms with E-state index in [2.05, 4.69) is 31.2 Å². The van der Waals surface area contributed by atoms with Gasteiger partial charge < -0.3 is 10.1 Å². The number of rotatable bonds is 8. The third kappa shape index (κ3) is 5.55. The minimum Gasteiger partial charge on any atom is -0.480 e. The van der Waals surface area contributed by atoms with Gasteiger partial charge in [0.1, 0.15) is 0 Å². The molecule has 0 amide bonds. The summed E-state index contributed by atoms with van der Waals surface area (Å²) in [6.07, 6.45) is 6.22. The molecule has 0 radical (unpaired) electrons. The first-order valence-corrected chi connectivity index (χ1v) is 6.97. The van der Waals surface area contributed by atoms with Crippen LogP contribution in [-0.2, 0) is 0 Å². The Bertz CT molecular complexity index is 338. The molecular weight excluding hydrogens is 305 g/mol. The van der Waals surface area contributed by atoms with Crippen molar-refractivity contribution in [3.05, 3.63) is 10.7 Å². The number of methoxy groups -OCH3 is 1. The van der Waals surface area contributed by atoms with Crippen molar-refractivity contribution in [3.8, 4) is 5.88 Å². The number of alkyl halides is 1. The summed E-state index contributed by atoms with van der Waals surface area (Å²) < 4.78 is 5.85. The van der Waals surface area contributed by atoms with Crippen LogP contribution in [0.25, 0.3) is 0 Å². The molecule has 0 aliphatic heterocycles. The van der Waals surface area contributed by atoms with Crippen molar-refractivity contribution in [2.45, 2.75) is 25.7 Å². The first-order valence-electron chi connectivity index (χ1n) is 5.64. The van der Waals surface area contributed by atoms with Crippen LogP contribution in [0.1, 0.15) is 25.7 Å². The molecule has 0 aromatic carbocycles.